The summed E-state index contributed by atoms with van der Waals surface area (Å²) in [6.07, 6.45) is 0. The van der Waals surface area contributed by atoms with Crippen LogP contribution in [-0.2, 0) is 5.41 Å². The van der Waals surface area contributed by atoms with Crippen LogP contribution in [0.25, 0.3) is 76.9 Å². The molecule has 5 heteroatoms. The number of rotatable bonds is 6. The van der Waals surface area contributed by atoms with Crippen LogP contribution in [0.2, 0.25) is 0 Å². The average Bonchev–Trinajstić information content (AvgIpc) is 3.86. The Balaban J connectivity index is 1.14. The Morgan fingerprint density at radius 1 is 0.357 bits per heavy atom. The zero-order valence-electron chi connectivity index (χ0n) is 30.2. The van der Waals surface area contributed by atoms with E-state index in [9.17, 15) is 0 Å². The summed E-state index contributed by atoms with van der Waals surface area (Å²) in [4.78, 5) is 20.7. The molecule has 0 N–H and O–H groups in total. The molecular formula is C51H32N4S. The Morgan fingerprint density at radius 3 is 1.64 bits per heavy atom. The summed E-state index contributed by atoms with van der Waals surface area (Å²) in [5.41, 5.74) is 11.8. The van der Waals surface area contributed by atoms with Crippen molar-refractivity contribution in [1.82, 2.24) is 19.9 Å². The Kier molecular flexibility index (Phi) is 7.54. The SMILES string of the molecule is c1ccc(-c2nc(-c3ccc4c(c3)C(c3ccccc3)(c3ccccc3)c3ccccc3-4)nc(-c3cccc4c3ccc3nc(-c5ccccc5)sc34)n2)cc1. The van der Waals surface area contributed by atoms with Gasteiger partial charge in [-0.15, -0.1) is 11.3 Å². The topological polar surface area (TPSA) is 51.6 Å². The highest BCUT2D eigenvalue weighted by Gasteiger charge is 2.46. The zero-order chi connectivity index (χ0) is 37.1. The number of fused-ring (bicyclic) bond motifs is 6. The van der Waals surface area contributed by atoms with Gasteiger partial charge < -0.3 is 0 Å². The van der Waals surface area contributed by atoms with Crippen molar-refractivity contribution in [2.75, 3.05) is 0 Å². The molecule has 56 heavy (non-hydrogen) atoms. The van der Waals surface area contributed by atoms with E-state index >= 15 is 0 Å². The quantitative estimate of drug-likeness (QED) is 0.171. The Hall–Kier alpha value is -7.08. The number of hydrogen-bond donors (Lipinski definition) is 0. The molecule has 2 heterocycles. The first-order chi connectivity index (χ1) is 27.8. The number of hydrogen-bond acceptors (Lipinski definition) is 5. The van der Waals surface area contributed by atoms with E-state index in [4.69, 9.17) is 19.9 Å². The highest BCUT2D eigenvalue weighted by atomic mass is 32.1. The molecule has 0 saturated heterocycles. The first kappa shape index (κ1) is 32.4. The van der Waals surface area contributed by atoms with Crippen molar-refractivity contribution in [1.29, 1.82) is 0 Å². The Morgan fingerprint density at radius 2 is 0.929 bits per heavy atom. The van der Waals surface area contributed by atoms with Crippen molar-refractivity contribution in [2.24, 2.45) is 0 Å². The Bertz CT molecular complexity index is 3030. The first-order valence-electron chi connectivity index (χ1n) is 18.8. The lowest BCUT2D eigenvalue weighted by atomic mass is 9.67. The molecule has 0 amide bonds. The number of thiazole rings is 1. The van der Waals surface area contributed by atoms with Gasteiger partial charge in [-0.2, -0.15) is 0 Å². The number of aromatic nitrogens is 4. The molecule has 0 unspecified atom stereocenters. The highest BCUT2D eigenvalue weighted by Crippen LogP contribution is 2.56. The van der Waals surface area contributed by atoms with Crippen LogP contribution in [-0.4, -0.2) is 19.9 Å². The predicted molar refractivity (Wildman–Crippen MR) is 230 cm³/mol. The van der Waals surface area contributed by atoms with Crippen LogP contribution in [0.3, 0.4) is 0 Å². The van der Waals surface area contributed by atoms with Gasteiger partial charge in [0.2, 0.25) is 0 Å². The fraction of sp³-hybridized carbons (Fsp3) is 0.0196. The van der Waals surface area contributed by atoms with Gasteiger partial charge in [-0.3, -0.25) is 0 Å². The van der Waals surface area contributed by atoms with E-state index in [0.717, 1.165) is 48.3 Å². The molecule has 4 nitrogen and oxygen atoms in total. The molecule has 0 saturated carbocycles. The van der Waals surface area contributed by atoms with E-state index < -0.39 is 5.41 Å². The van der Waals surface area contributed by atoms with Gasteiger partial charge in [0.1, 0.15) is 5.01 Å². The van der Waals surface area contributed by atoms with Gasteiger partial charge >= 0.3 is 0 Å². The molecule has 1 aliphatic rings. The molecule has 262 valence electrons. The third-order valence-corrected chi connectivity index (χ3v) is 12.2. The van der Waals surface area contributed by atoms with Gasteiger partial charge in [0.05, 0.1) is 15.6 Å². The van der Waals surface area contributed by atoms with Crippen LogP contribution in [0.5, 0.6) is 0 Å². The maximum absolute atomic E-state index is 5.32. The standard InChI is InChI=1S/C51H32N4S/c1-5-16-33(17-6-1)47-53-48(55-49(54-47)42-26-15-25-41-38(42)30-31-45-46(41)56-50(52-45)34-18-7-2-8-19-34)35-28-29-40-39-24-13-14-27-43(39)51(44(40)32-35,36-20-9-3-10-21-36)37-22-11-4-12-23-37/h1-32H. The number of benzene rings is 8. The van der Waals surface area contributed by atoms with Crippen LogP contribution in [0.15, 0.2) is 194 Å². The van der Waals surface area contributed by atoms with E-state index in [-0.39, 0.29) is 0 Å². The van der Waals surface area contributed by atoms with Crippen molar-refractivity contribution in [3.63, 3.8) is 0 Å². The van der Waals surface area contributed by atoms with E-state index in [1.54, 1.807) is 11.3 Å². The van der Waals surface area contributed by atoms with E-state index in [2.05, 4.69) is 170 Å². The minimum absolute atomic E-state index is 0.531. The molecule has 0 bridgehead atoms. The summed E-state index contributed by atoms with van der Waals surface area (Å²) in [6.45, 7) is 0. The summed E-state index contributed by atoms with van der Waals surface area (Å²) in [5, 5.41) is 3.22. The molecule has 2 aromatic heterocycles. The largest absolute Gasteiger partial charge is 0.236 e. The number of nitrogens with zero attached hydrogens (tertiary/aromatic N) is 4. The molecule has 8 aromatic carbocycles. The normalized spacial score (nSPS) is 12.8. The summed E-state index contributed by atoms with van der Waals surface area (Å²) in [7, 11) is 0. The monoisotopic (exact) mass is 732 g/mol. The zero-order valence-corrected chi connectivity index (χ0v) is 31.0. The van der Waals surface area contributed by atoms with Crippen molar-refractivity contribution in [3.05, 3.63) is 216 Å². The van der Waals surface area contributed by atoms with Crippen LogP contribution < -0.4 is 0 Å². The van der Waals surface area contributed by atoms with Gasteiger partial charge in [-0.25, -0.2) is 19.9 Å². The second-order valence-corrected chi connectivity index (χ2v) is 15.2. The lowest BCUT2D eigenvalue weighted by Crippen LogP contribution is -2.28. The smallest absolute Gasteiger partial charge is 0.164 e. The first-order valence-corrected chi connectivity index (χ1v) is 19.6. The predicted octanol–water partition coefficient (Wildman–Crippen LogP) is 12.7. The summed E-state index contributed by atoms with van der Waals surface area (Å²) < 4.78 is 1.15. The van der Waals surface area contributed by atoms with Gasteiger partial charge in [-0.1, -0.05) is 182 Å². The lowest BCUT2D eigenvalue weighted by Gasteiger charge is -2.34. The van der Waals surface area contributed by atoms with Crippen LogP contribution >= 0.6 is 11.3 Å². The van der Waals surface area contributed by atoms with Gasteiger partial charge in [0.25, 0.3) is 0 Å². The van der Waals surface area contributed by atoms with E-state index in [0.29, 0.717) is 17.5 Å². The van der Waals surface area contributed by atoms with Crippen LogP contribution in [0, 0.1) is 0 Å². The lowest BCUT2D eigenvalue weighted by molar-refractivity contribution is 0.768. The minimum atomic E-state index is -0.531. The van der Waals surface area contributed by atoms with Crippen molar-refractivity contribution >= 4 is 32.3 Å². The van der Waals surface area contributed by atoms with Crippen molar-refractivity contribution < 1.29 is 0 Å². The van der Waals surface area contributed by atoms with Gasteiger partial charge in [-0.05, 0) is 50.9 Å². The third kappa shape index (κ3) is 5.05. The maximum atomic E-state index is 5.32. The van der Waals surface area contributed by atoms with E-state index in [1.807, 2.05) is 24.3 Å². The molecule has 10 aromatic rings. The molecule has 0 fully saturated rings. The molecule has 0 spiro atoms. The molecule has 1 aliphatic carbocycles. The van der Waals surface area contributed by atoms with Gasteiger partial charge in [0.15, 0.2) is 17.5 Å². The Labute approximate surface area is 328 Å². The fourth-order valence-corrected chi connectivity index (χ4v) is 9.66. The van der Waals surface area contributed by atoms with Crippen molar-refractivity contribution in [2.45, 2.75) is 5.41 Å². The molecule has 11 rings (SSSR count). The maximum Gasteiger partial charge on any atom is 0.164 e. The molecular weight excluding hydrogens is 701 g/mol. The average molecular weight is 733 g/mol. The second-order valence-electron chi connectivity index (χ2n) is 14.2. The minimum Gasteiger partial charge on any atom is -0.236 e. The third-order valence-electron chi connectivity index (χ3n) is 11.1. The second kappa shape index (κ2) is 13.0. The van der Waals surface area contributed by atoms with Crippen molar-refractivity contribution in [3.8, 4) is 55.9 Å². The summed E-state index contributed by atoms with van der Waals surface area (Å²) in [5.74, 6) is 1.90. The molecule has 0 aliphatic heterocycles. The van der Waals surface area contributed by atoms with Crippen LogP contribution in [0.1, 0.15) is 22.3 Å². The van der Waals surface area contributed by atoms with Crippen LogP contribution in [0.4, 0.5) is 0 Å². The van der Waals surface area contributed by atoms with Gasteiger partial charge in [0, 0.05) is 27.6 Å². The molecule has 0 atom stereocenters. The summed E-state index contributed by atoms with van der Waals surface area (Å²) in [6, 6.07) is 68.6. The summed E-state index contributed by atoms with van der Waals surface area (Å²) >= 11 is 1.72. The molecule has 0 radical (unpaired) electrons. The fourth-order valence-electron chi connectivity index (χ4n) is 8.57. The highest BCUT2D eigenvalue weighted by molar-refractivity contribution is 7.22. The van der Waals surface area contributed by atoms with E-state index in [1.165, 1.54) is 33.4 Å².